The number of amides is 1. The largest absolute Gasteiger partial charge is 0.436 e. The zero-order chi connectivity index (χ0) is 20.5. The molecule has 0 bridgehead atoms. The van der Waals surface area contributed by atoms with E-state index in [1.807, 2.05) is 48.0 Å². The molecule has 152 valence electrons. The Morgan fingerprint density at radius 3 is 2.90 bits per heavy atom. The van der Waals surface area contributed by atoms with Crippen LogP contribution in [-0.4, -0.2) is 36.9 Å². The Balaban J connectivity index is 1.36. The lowest BCUT2D eigenvalue weighted by molar-refractivity contribution is -0.121. The van der Waals surface area contributed by atoms with Crippen LogP contribution in [0.15, 0.2) is 53.2 Å². The van der Waals surface area contributed by atoms with Crippen molar-refractivity contribution in [3.8, 4) is 22.8 Å². The van der Waals surface area contributed by atoms with Crippen LogP contribution in [0.3, 0.4) is 0 Å². The van der Waals surface area contributed by atoms with Crippen molar-refractivity contribution in [2.24, 2.45) is 0 Å². The molecule has 3 heterocycles. The molecule has 30 heavy (non-hydrogen) atoms. The van der Waals surface area contributed by atoms with Crippen LogP contribution in [0.2, 0.25) is 0 Å². The number of pyridine rings is 1. The van der Waals surface area contributed by atoms with Crippen LogP contribution in [0.1, 0.15) is 38.6 Å². The molecule has 0 aliphatic heterocycles. The molecule has 1 amide bonds. The maximum absolute atomic E-state index is 11.7. The lowest BCUT2D eigenvalue weighted by atomic mass is 10.2. The predicted octanol–water partition coefficient (Wildman–Crippen LogP) is 3.77. The first kappa shape index (κ1) is 18.5. The van der Waals surface area contributed by atoms with Crippen LogP contribution in [0, 0.1) is 0 Å². The third-order valence-electron chi connectivity index (χ3n) is 5.58. The molecule has 1 aromatic carbocycles. The van der Waals surface area contributed by atoms with Crippen molar-refractivity contribution >= 4 is 17.0 Å². The van der Waals surface area contributed by atoms with Crippen LogP contribution in [0.25, 0.3) is 33.9 Å². The highest BCUT2D eigenvalue weighted by molar-refractivity contribution is 5.76. The number of nitrogens with zero attached hydrogens (tertiary/aromatic N) is 5. The fraction of sp³-hybridized carbons (Fsp3) is 0.318. The number of carbonyl (C=O) groups excluding carboxylic acids is 1. The summed E-state index contributed by atoms with van der Waals surface area (Å²) in [5.74, 6) is 0.642. The minimum atomic E-state index is 0.0934. The highest BCUT2D eigenvalue weighted by Gasteiger charge is 2.29. The minimum Gasteiger partial charge on any atom is -0.436 e. The number of aromatic nitrogens is 5. The SMILES string of the molecule is CCC(=O)N[C@H]1CC[C@@H](n2nncc2-c2ccc(-c3nc4ccccc4o3)cn2)C1. The van der Waals surface area contributed by atoms with Crippen molar-refractivity contribution in [3.05, 3.63) is 48.8 Å². The summed E-state index contributed by atoms with van der Waals surface area (Å²) in [6.07, 6.45) is 6.75. The maximum atomic E-state index is 11.7. The molecule has 4 aromatic rings. The molecule has 1 fully saturated rings. The fourth-order valence-electron chi connectivity index (χ4n) is 4.00. The number of hydrogen-bond donors (Lipinski definition) is 1. The van der Waals surface area contributed by atoms with Gasteiger partial charge in [0.1, 0.15) is 11.2 Å². The van der Waals surface area contributed by atoms with E-state index >= 15 is 0 Å². The molecule has 1 saturated carbocycles. The van der Waals surface area contributed by atoms with Gasteiger partial charge < -0.3 is 9.73 Å². The highest BCUT2D eigenvalue weighted by Crippen LogP contribution is 2.33. The zero-order valence-corrected chi connectivity index (χ0v) is 16.7. The molecule has 0 unspecified atom stereocenters. The first-order valence-electron chi connectivity index (χ1n) is 10.2. The van der Waals surface area contributed by atoms with Crippen molar-refractivity contribution in [3.63, 3.8) is 0 Å². The number of para-hydroxylation sites is 2. The van der Waals surface area contributed by atoms with Crippen molar-refractivity contribution in [1.82, 2.24) is 30.3 Å². The molecule has 1 aliphatic rings. The van der Waals surface area contributed by atoms with E-state index in [-0.39, 0.29) is 18.0 Å². The summed E-state index contributed by atoms with van der Waals surface area (Å²) in [7, 11) is 0. The molecule has 0 spiro atoms. The van der Waals surface area contributed by atoms with Gasteiger partial charge in [-0.3, -0.25) is 9.78 Å². The number of fused-ring (bicyclic) bond motifs is 1. The summed E-state index contributed by atoms with van der Waals surface area (Å²) in [6, 6.07) is 12.0. The van der Waals surface area contributed by atoms with E-state index in [1.54, 1.807) is 12.4 Å². The van der Waals surface area contributed by atoms with Crippen molar-refractivity contribution in [2.75, 3.05) is 0 Å². The third kappa shape index (κ3) is 3.45. The normalized spacial score (nSPS) is 18.7. The quantitative estimate of drug-likeness (QED) is 0.546. The number of hydrogen-bond acceptors (Lipinski definition) is 6. The molecule has 8 heteroatoms. The molecule has 8 nitrogen and oxygen atoms in total. The minimum absolute atomic E-state index is 0.0934. The van der Waals surface area contributed by atoms with E-state index in [0.29, 0.717) is 12.3 Å². The van der Waals surface area contributed by atoms with Gasteiger partial charge in [0.05, 0.1) is 23.5 Å². The predicted molar refractivity (Wildman–Crippen MR) is 111 cm³/mol. The summed E-state index contributed by atoms with van der Waals surface area (Å²) in [5, 5.41) is 11.5. The molecule has 1 N–H and O–H groups in total. The van der Waals surface area contributed by atoms with Gasteiger partial charge in [0.25, 0.3) is 0 Å². The van der Waals surface area contributed by atoms with Crippen LogP contribution in [-0.2, 0) is 4.79 Å². The van der Waals surface area contributed by atoms with Crippen LogP contribution < -0.4 is 5.32 Å². The summed E-state index contributed by atoms with van der Waals surface area (Å²) in [4.78, 5) is 20.8. The van der Waals surface area contributed by atoms with E-state index < -0.39 is 0 Å². The lowest BCUT2D eigenvalue weighted by Crippen LogP contribution is -2.32. The molecular weight excluding hydrogens is 380 g/mol. The highest BCUT2D eigenvalue weighted by atomic mass is 16.3. The fourth-order valence-corrected chi connectivity index (χ4v) is 4.00. The maximum Gasteiger partial charge on any atom is 0.228 e. The number of carbonyl (C=O) groups is 1. The van der Waals surface area contributed by atoms with Crippen LogP contribution in [0.4, 0.5) is 0 Å². The van der Waals surface area contributed by atoms with E-state index in [2.05, 4.69) is 25.6 Å². The second-order valence-electron chi connectivity index (χ2n) is 7.57. The first-order valence-corrected chi connectivity index (χ1v) is 10.2. The molecule has 0 saturated heterocycles. The third-order valence-corrected chi connectivity index (χ3v) is 5.58. The Bertz CT molecular complexity index is 1150. The number of rotatable bonds is 5. The molecular formula is C22H22N6O2. The van der Waals surface area contributed by atoms with Crippen LogP contribution >= 0.6 is 0 Å². The Morgan fingerprint density at radius 1 is 1.20 bits per heavy atom. The smallest absolute Gasteiger partial charge is 0.228 e. The second kappa shape index (κ2) is 7.70. The molecule has 5 rings (SSSR count). The van der Waals surface area contributed by atoms with Gasteiger partial charge in [-0.05, 0) is 43.5 Å². The summed E-state index contributed by atoms with van der Waals surface area (Å²) < 4.78 is 7.76. The average molecular weight is 402 g/mol. The number of oxazole rings is 1. The number of benzene rings is 1. The molecule has 0 radical (unpaired) electrons. The van der Waals surface area contributed by atoms with Gasteiger partial charge in [-0.15, -0.1) is 5.10 Å². The van der Waals surface area contributed by atoms with Crippen LogP contribution in [0.5, 0.6) is 0 Å². The van der Waals surface area contributed by atoms with Gasteiger partial charge in [-0.25, -0.2) is 9.67 Å². The topological polar surface area (TPSA) is 98.7 Å². The van der Waals surface area contributed by atoms with Crippen molar-refractivity contribution in [2.45, 2.75) is 44.7 Å². The van der Waals surface area contributed by atoms with E-state index in [4.69, 9.17) is 4.42 Å². The van der Waals surface area contributed by atoms with E-state index in [0.717, 1.165) is 47.3 Å². The van der Waals surface area contributed by atoms with Gasteiger partial charge in [0.2, 0.25) is 11.8 Å². The summed E-state index contributed by atoms with van der Waals surface area (Å²) in [6.45, 7) is 1.87. The Hall–Kier alpha value is -3.55. The van der Waals surface area contributed by atoms with E-state index in [1.165, 1.54) is 0 Å². The monoisotopic (exact) mass is 402 g/mol. The number of nitrogens with one attached hydrogen (secondary N) is 1. The first-order chi connectivity index (χ1) is 14.7. The van der Waals surface area contributed by atoms with Gasteiger partial charge in [-0.2, -0.15) is 0 Å². The Kier molecular flexibility index (Phi) is 4.74. The lowest BCUT2D eigenvalue weighted by Gasteiger charge is -2.15. The average Bonchev–Trinajstić information content (AvgIpc) is 3.52. The van der Waals surface area contributed by atoms with Crippen molar-refractivity contribution < 1.29 is 9.21 Å². The van der Waals surface area contributed by atoms with Gasteiger partial charge in [-0.1, -0.05) is 24.3 Å². The van der Waals surface area contributed by atoms with E-state index in [9.17, 15) is 4.79 Å². The Morgan fingerprint density at radius 2 is 2.10 bits per heavy atom. The Labute approximate surface area is 173 Å². The molecule has 3 aromatic heterocycles. The van der Waals surface area contributed by atoms with Gasteiger partial charge >= 0.3 is 0 Å². The zero-order valence-electron chi connectivity index (χ0n) is 16.7. The molecule has 1 aliphatic carbocycles. The summed E-state index contributed by atoms with van der Waals surface area (Å²) in [5.41, 5.74) is 4.05. The molecule has 2 atom stereocenters. The standard InChI is InChI=1S/C22H22N6O2/c1-2-21(29)25-15-8-9-16(11-15)28-19(13-24-27-28)17-10-7-14(12-23-17)22-26-18-5-3-4-6-20(18)30-22/h3-7,10,12-13,15-16H,2,8-9,11H2,1H3,(H,25,29)/t15-,16+/m0/s1. The van der Waals surface area contributed by atoms with Crippen molar-refractivity contribution in [1.29, 1.82) is 0 Å². The summed E-state index contributed by atoms with van der Waals surface area (Å²) >= 11 is 0. The van der Waals surface area contributed by atoms with Gasteiger partial charge in [0, 0.05) is 18.7 Å². The van der Waals surface area contributed by atoms with Gasteiger partial charge in [0.15, 0.2) is 5.58 Å². The second-order valence-corrected chi connectivity index (χ2v) is 7.57.